The molecule has 5 fully saturated rings. The van der Waals surface area contributed by atoms with E-state index in [4.69, 9.17) is 8.37 Å². The summed E-state index contributed by atoms with van der Waals surface area (Å²) in [6, 6.07) is 0. The zero-order chi connectivity index (χ0) is 26.1. The highest BCUT2D eigenvalue weighted by Crippen LogP contribution is 2.71. The number of fused-ring (bicyclic) bond motifs is 6. The fraction of sp³-hybridized carbons (Fsp3) is 1.00. The summed E-state index contributed by atoms with van der Waals surface area (Å²) in [5.41, 5.74) is -0.403. The molecule has 0 amide bonds. The van der Waals surface area contributed by atoms with E-state index in [1.54, 1.807) is 0 Å². The maximum atomic E-state index is 12.5. The van der Waals surface area contributed by atoms with Gasteiger partial charge in [0.05, 0.1) is 0 Å². The molecular weight excluding hydrogens is 500 g/mol. The van der Waals surface area contributed by atoms with Crippen LogP contribution in [-0.2, 0) is 32.8 Å². The SMILES string of the molecule is CC(C)CCC[C@H](C)[C@@H]1CC[C@H]2[C@H]3CC[C@H]4CCCC5(OS(=O)(=O)OS(=O)(=O)O5)[C@]4(C)[C@H]3CC[C@@]21C. The standard InChI is InChI=1S/C27H46O7S2/c1-18(2)8-6-9-19(3)22-13-14-23-21-12-11-20-10-7-16-27(32-35(28,29)34-36(30,31)33-27)26(20,5)24(21)15-17-25(22,23)4/h18-24H,6-17H2,1-5H3/t19-,20+,21+,22-,23-,24-,25+,26-/m0/s1. The zero-order valence-corrected chi connectivity index (χ0v) is 24.3. The molecule has 1 spiro atoms. The zero-order valence-electron chi connectivity index (χ0n) is 22.7. The molecule has 4 saturated carbocycles. The van der Waals surface area contributed by atoms with E-state index in [0.29, 0.717) is 29.6 Å². The van der Waals surface area contributed by atoms with Crippen molar-refractivity contribution in [3.05, 3.63) is 0 Å². The predicted octanol–water partition coefficient (Wildman–Crippen LogP) is 6.36. The summed E-state index contributed by atoms with van der Waals surface area (Å²) in [5.74, 6) is 1.84. The smallest absolute Gasteiger partial charge is 0.210 e. The van der Waals surface area contributed by atoms with Crippen molar-refractivity contribution in [1.29, 1.82) is 0 Å². The fourth-order valence-electron chi connectivity index (χ4n) is 10.1. The Balaban J connectivity index is 1.44. The lowest BCUT2D eigenvalue weighted by Gasteiger charge is -2.65. The molecule has 0 aromatic heterocycles. The van der Waals surface area contributed by atoms with Gasteiger partial charge in [0.1, 0.15) is 0 Å². The molecule has 4 aliphatic carbocycles. The second-order valence-electron chi connectivity index (χ2n) is 13.7. The summed E-state index contributed by atoms with van der Waals surface area (Å²) in [6.07, 6.45) is 12.4. The summed E-state index contributed by atoms with van der Waals surface area (Å²) in [5, 5.41) is 0. The van der Waals surface area contributed by atoms with Crippen LogP contribution < -0.4 is 0 Å². The Morgan fingerprint density at radius 2 is 1.50 bits per heavy atom. The molecular formula is C27H46O7S2. The highest BCUT2D eigenvalue weighted by atomic mass is 32.3. The van der Waals surface area contributed by atoms with Gasteiger partial charge in [-0.05, 0) is 98.2 Å². The van der Waals surface area contributed by atoms with Crippen molar-refractivity contribution in [3.63, 3.8) is 0 Å². The first-order valence-electron chi connectivity index (χ1n) is 14.4. The molecule has 36 heavy (non-hydrogen) atoms. The predicted molar refractivity (Wildman–Crippen MR) is 137 cm³/mol. The van der Waals surface area contributed by atoms with Gasteiger partial charge in [-0.1, -0.05) is 53.9 Å². The van der Waals surface area contributed by atoms with Crippen LogP contribution >= 0.6 is 0 Å². The van der Waals surface area contributed by atoms with Gasteiger partial charge in [0.2, 0.25) is 5.79 Å². The topological polar surface area (TPSA) is 96.0 Å². The Bertz CT molecular complexity index is 1020. The van der Waals surface area contributed by atoms with Gasteiger partial charge in [0, 0.05) is 11.8 Å². The van der Waals surface area contributed by atoms with Crippen LogP contribution in [0.3, 0.4) is 0 Å². The number of hydrogen-bond donors (Lipinski definition) is 0. The Kier molecular flexibility index (Phi) is 6.97. The molecule has 0 bridgehead atoms. The van der Waals surface area contributed by atoms with Crippen molar-refractivity contribution >= 4 is 20.8 Å². The molecule has 5 aliphatic rings. The van der Waals surface area contributed by atoms with Gasteiger partial charge in [0.25, 0.3) is 0 Å². The lowest BCUT2D eigenvalue weighted by atomic mass is 9.43. The minimum atomic E-state index is -4.70. The van der Waals surface area contributed by atoms with Crippen LogP contribution in [-0.4, -0.2) is 22.6 Å². The monoisotopic (exact) mass is 546 g/mol. The van der Waals surface area contributed by atoms with E-state index in [-0.39, 0.29) is 18.3 Å². The third-order valence-corrected chi connectivity index (χ3v) is 13.9. The molecule has 0 unspecified atom stereocenters. The molecule has 5 rings (SSSR count). The van der Waals surface area contributed by atoms with Gasteiger partial charge in [0.15, 0.2) is 0 Å². The van der Waals surface area contributed by atoms with E-state index in [9.17, 15) is 16.8 Å². The average Bonchev–Trinajstić information content (AvgIpc) is 3.09. The molecule has 0 N–H and O–H groups in total. The molecule has 1 heterocycles. The van der Waals surface area contributed by atoms with Crippen LogP contribution in [0.4, 0.5) is 0 Å². The maximum Gasteiger partial charge on any atom is 0.419 e. The molecule has 9 heteroatoms. The van der Waals surface area contributed by atoms with Crippen LogP contribution in [0, 0.1) is 52.3 Å². The highest BCUT2D eigenvalue weighted by Gasteiger charge is 2.71. The van der Waals surface area contributed by atoms with Crippen LogP contribution in [0.15, 0.2) is 0 Å². The second-order valence-corrected chi connectivity index (χ2v) is 16.2. The summed E-state index contributed by atoms with van der Waals surface area (Å²) < 4.78 is 65.3. The van der Waals surface area contributed by atoms with Crippen molar-refractivity contribution in [2.75, 3.05) is 0 Å². The van der Waals surface area contributed by atoms with Gasteiger partial charge in [-0.2, -0.15) is 16.8 Å². The first-order chi connectivity index (χ1) is 16.7. The first kappa shape index (κ1) is 27.4. The average molecular weight is 547 g/mol. The molecule has 208 valence electrons. The molecule has 8 atom stereocenters. The van der Waals surface area contributed by atoms with Crippen molar-refractivity contribution in [2.24, 2.45) is 52.3 Å². The second kappa shape index (κ2) is 9.17. The third kappa shape index (κ3) is 4.31. The van der Waals surface area contributed by atoms with Crippen molar-refractivity contribution < 1.29 is 28.8 Å². The van der Waals surface area contributed by atoms with E-state index >= 15 is 0 Å². The van der Waals surface area contributed by atoms with E-state index in [0.717, 1.165) is 43.9 Å². The van der Waals surface area contributed by atoms with Crippen molar-refractivity contribution in [3.8, 4) is 0 Å². The molecule has 0 aromatic rings. The lowest BCUT2D eigenvalue weighted by Crippen LogP contribution is -2.67. The number of hydrogen-bond acceptors (Lipinski definition) is 7. The van der Waals surface area contributed by atoms with Gasteiger partial charge < -0.3 is 0 Å². The van der Waals surface area contributed by atoms with Gasteiger partial charge >= 0.3 is 20.8 Å². The summed E-state index contributed by atoms with van der Waals surface area (Å²) >= 11 is 0. The molecule has 0 radical (unpaired) electrons. The van der Waals surface area contributed by atoms with Crippen molar-refractivity contribution in [2.45, 2.75) is 117 Å². The van der Waals surface area contributed by atoms with Crippen LogP contribution in [0.2, 0.25) is 0 Å². The Morgan fingerprint density at radius 3 is 2.17 bits per heavy atom. The van der Waals surface area contributed by atoms with E-state index in [1.807, 2.05) is 0 Å². The minimum absolute atomic E-state index is 0.174. The summed E-state index contributed by atoms with van der Waals surface area (Å²) in [4.78, 5) is 0. The van der Waals surface area contributed by atoms with E-state index < -0.39 is 32.0 Å². The summed E-state index contributed by atoms with van der Waals surface area (Å²) in [6.45, 7) is 11.6. The van der Waals surface area contributed by atoms with E-state index in [2.05, 4.69) is 38.2 Å². The van der Waals surface area contributed by atoms with Crippen LogP contribution in [0.25, 0.3) is 0 Å². The maximum absolute atomic E-state index is 12.5. The molecule has 0 aromatic carbocycles. The van der Waals surface area contributed by atoms with Gasteiger partial charge in [-0.25, -0.2) is 8.37 Å². The largest absolute Gasteiger partial charge is 0.419 e. The van der Waals surface area contributed by atoms with Crippen molar-refractivity contribution in [1.82, 2.24) is 0 Å². The van der Waals surface area contributed by atoms with Crippen LogP contribution in [0.5, 0.6) is 0 Å². The highest BCUT2D eigenvalue weighted by molar-refractivity contribution is 7.95. The Labute approximate surface area is 219 Å². The van der Waals surface area contributed by atoms with Gasteiger partial charge in [-0.3, -0.25) is 0 Å². The first-order valence-corrected chi connectivity index (χ1v) is 17.0. The molecule has 7 nitrogen and oxygen atoms in total. The number of rotatable bonds is 5. The minimum Gasteiger partial charge on any atom is -0.210 e. The molecule has 1 saturated heterocycles. The summed E-state index contributed by atoms with van der Waals surface area (Å²) in [7, 11) is -9.41. The quantitative estimate of drug-likeness (QED) is 0.396. The lowest BCUT2D eigenvalue weighted by molar-refractivity contribution is -0.290. The Hall–Kier alpha value is -0.220. The van der Waals surface area contributed by atoms with E-state index in [1.165, 1.54) is 32.1 Å². The molecule has 1 aliphatic heterocycles. The third-order valence-electron chi connectivity index (χ3n) is 11.6. The van der Waals surface area contributed by atoms with Gasteiger partial charge in [-0.15, -0.1) is 3.63 Å². The normalized spacial score (nSPS) is 45.6. The Morgan fingerprint density at radius 1 is 0.806 bits per heavy atom. The fourth-order valence-corrected chi connectivity index (χ4v) is 12.4. The van der Waals surface area contributed by atoms with Crippen LogP contribution in [0.1, 0.15) is 112 Å².